The van der Waals surface area contributed by atoms with Crippen LogP contribution < -0.4 is 4.74 Å². The van der Waals surface area contributed by atoms with Gasteiger partial charge in [0.1, 0.15) is 11.6 Å². The van der Waals surface area contributed by atoms with Crippen molar-refractivity contribution in [1.29, 1.82) is 0 Å². The van der Waals surface area contributed by atoms with Gasteiger partial charge in [-0.25, -0.2) is 0 Å². The second kappa shape index (κ2) is 7.08. The zero-order valence-corrected chi connectivity index (χ0v) is 14.9. The van der Waals surface area contributed by atoms with Crippen LogP contribution in [0.3, 0.4) is 0 Å². The summed E-state index contributed by atoms with van der Waals surface area (Å²) in [6.45, 7) is 4.93. The molecule has 1 aromatic heterocycles. The highest BCUT2D eigenvalue weighted by molar-refractivity contribution is 7.98. The van der Waals surface area contributed by atoms with Crippen molar-refractivity contribution in [2.24, 2.45) is 0 Å². The lowest BCUT2D eigenvalue weighted by molar-refractivity contribution is -0.385. The number of nitro groups is 1. The van der Waals surface area contributed by atoms with E-state index in [2.05, 4.69) is 21.3 Å². The number of nitrogens with zero attached hydrogens (tertiary/aromatic N) is 4. The highest BCUT2D eigenvalue weighted by atomic mass is 32.2. The van der Waals surface area contributed by atoms with Crippen LogP contribution in [0.1, 0.15) is 35.7 Å². The Morgan fingerprint density at radius 1 is 1.42 bits per heavy atom. The van der Waals surface area contributed by atoms with Crippen LogP contribution in [0.2, 0.25) is 0 Å². The van der Waals surface area contributed by atoms with Crippen molar-refractivity contribution in [3.05, 3.63) is 51.9 Å². The zero-order chi connectivity index (χ0) is 18.1. The minimum atomic E-state index is -0.394. The first kappa shape index (κ1) is 17.0. The molecule has 8 nitrogen and oxygen atoms in total. The molecule has 2 aromatic rings. The number of allylic oxidation sites excluding steroid dienone is 1. The number of rotatable bonds is 7. The molecule has 2 heterocycles. The lowest BCUT2D eigenvalue weighted by Gasteiger charge is -2.20. The summed E-state index contributed by atoms with van der Waals surface area (Å²) < 4.78 is 12.9. The number of hydrogen-bond acceptors (Lipinski definition) is 7. The van der Waals surface area contributed by atoms with Crippen LogP contribution in [-0.4, -0.2) is 26.5 Å². The molecule has 0 unspecified atom stereocenters. The lowest BCUT2D eigenvalue weighted by Crippen LogP contribution is -2.13. The molecule has 1 aromatic carbocycles. The number of ether oxygens (including phenoxy) is 2. The molecule has 136 valence electrons. The van der Waals surface area contributed by atoms with Gasteiger partial charge in [0.25, 0.3) is 5.69 Å². The molecular formula is C17H18N4O4S. The summed E-state index contributed by atoms with van der Waals surface area (Å²) in [6, 6.07) is 3.07. The van der Waals surface area contributed by atoms with E-state index < -0.39 is 4.92 Å². The third kappa shape index (κ3) is 3.32. The molecule has 1 fully saturated rings. The summed E-state index contributed by atoms with van der Waals surface area (Å²) >= 11 is 1.50. The summed E-state index contributed by atoms with van der Waals surface area (Å²) in [4.78, 5) is 10.8. The maximum Gasteiger partial charge on any atom is 0.270 e. The van der Waals surface area contributed by atoms with Gasteiger partial charge in [-0.3, -0.25) is 10.1 Å². The predicted octanol–water partition coefficient (Wildman–Crippen LogP) is 3.41. The van der Waals surface area contributed by atoms with Gasteiger partial charge < -0.3 is 14.0 Å². The van der Waals surface area contributed by atoms with Crippen molar-refractivity contribution >= 4 is 17.4 Å². The molecule has 0 radical (unpaired) electrons. The van der Waals surface area contributed by atoms with E-state index >= 15 is 0 Å². The monoisotopic (exact) mass is 374 g/mol. The molecular weight excluding hydrogens is 356 g/mol. The Hall–Kier alpha value is -2.39. The Morgan fingerprint density at radius 2 is 2.27 bits per heavy atom. The van der Waals surface area contributed by atoms with Crippen LogP contribution in [0.5, 0.6) is 5.75 Å². The summed E-state index contributed by atoms with van der Waals surface area (Å²) in [5, 5.41) is 20.6. The Bertz CT molecular complexity index is 863. The average molecular weight is 374 g/mol. The van der Waals surface area contributed by atoms with Gasteiger partial charge >= 0.3 is 0 Å². The van der Waals surface area contributed by atoms with Gasteiger partial charge in [0.05, 0.1) is 11.5 Å². The van der Waals surface area contributed by atoms with Gasteiger partial charge in [-0.15, -0.1) is 16.8 Å². The number of hydrogen-bond donors (Lipinski definition) is 0. The van der Waals surface area contributed by atoms with E-state index in [1.807, 2.05) is 6.08 Å². The number of fused-ring (bicyclic) bond motifs is 1. The van der Waals surface area contributed by atoms with Crippen LogP contribution in [0, 0.1) is 10.1 Å². The Morgan fingerprint density at radius 3 is 3.00 bits per heavy atom. The summed E-state index contributed by atoms with van der Waals surface area (Å²) in [5.41, 5.74) is 1.51. The van der Waals surface area contributed by atoms with Crippen molar-refractivity contribution in [1.82, 2.24) is 14.8 Å². The third-order valence-electron chi connectivity index (χ3n) is 4.34. The topological polar surface area (TPSA) is 92.3 Å². The van der Waals surface area contributed by atoms with E-state index in [0.29, 0.717) is 36.1 Å². The average Bonchev–Trinajstić information content (AvgIpc) is 3.41. The van der Waals surface area contributed by atoms with E-state index in [1.54, 1.807) is 6.07 Å². The first-order chi connectivity index (χ1) is 12.7. The fourth-order valence-corrected chi connectivity index (χ4v) is 3.91. The molecule has 0 saturated heterocycles. The van der Waals surface area contributed by atoms with Gasteiger partial charge in [0.15, 0.2) is 11.9 Å². The van der Waals surface area contributed by atoms with Crippen molar-refractivity contribution in [2.45, 2.75) is 42.8 Å². The first-order valence-corrected chi connectivity index (χ1v) is 9.33. The largest absolute Gasteiger partial charge is 0.467 e. The second-order valence-corrected chi connectivity index (χ2v) is 7.21. The standard InChI is InChI=1S/C17H18N4O4S/c1-2-5-20-16(11-3-4-11)18-19-17(20)26-9-13-7-14(21(22)23)6-12-8-24-10-25-15(12)13/h2,6-7,11H,1,3-5,8-10H2. The molecule has 9 heteroatoms. The molecule has 1 aliphatic heterocycles. The van der Waals surface area contributed by atoms with Crippen LogP contribution in [0.4, 0.5) is 5.69 Å². The molecule has 2 aliphatic rings. The molecule has 1 saturated carbocycles. The molecule has 26 heavy (non-hydrogen) atoms. The second-order valence-electron chi connectivity index (χ2n) is 6.26. The van der Waals surface area contributed by atoms with Gasteiger partial charge in [0, 0.05) is 41.5 Å². The number of benzene rings is 1. The van der Waals surface area contributed by atoms with Crippen LogP contribution in [-0.2, 0) is 23.6 Å². The number of non-ortho nitro benzene ring substituents is 1. The van der Waals surface area contributed by atoms with E-state index in [-0.39, 0.29) is 12.5 Å². The van der Waals surface area contributed by atoms with Gasteiger partial charge in [-0.1, -0.05) is 17.8 Å². The van der Waals surface area contributed by atoms with Gasteiger partial charge in [-0.05, 0) is 12.8 Å². The first-order valence-electron chi connectivity index (χ1n) is 8.35. The molecule has 0 bridgehead atoms. The summed E-state index contributed by atoms with van der Waals surface area (Å²) in [7, 11) is 0. The maximum atomic E-state index is 11.2. The Labute approximate surface area is 154 Å². The molecule has 0 spiro atoms. The quantitative estimate of drug-likeness (QED) is 0.317. The van der Waals surface area contributed by atoms with Crippen LogP contribution in [0.15, 0.2) is 29.9 Å². The molecule has 1 aliphatic carbocycles. The Kier molecular flexibility index (Phi) is 4.64. The minimum Gasteiger partial charge on any atom is -0.467 e. The SMILES string of the molecule is C=CCn1c(SCc2cc([N+](=O)[O-])cc3c2OCOC3)nnc1C1CC1. The van der Waals surface area contributed by atoms with Crippen molar-refractivity contribution in [3.63, 3.8) is 0 Å². The zero-order valence-electron chi connectivity index (χ0n) is 14.1. The predicted molar refractivity (Wildman–Crippen MR) is 95.1 cm³/mol. The van der Waals surface area contributed by atoms with Crippen LogP contribution in [0.25, 0.3) is 0 Å². The minimum absolute atomic E-state index is 0.0414. The fourth-order valence-electron chi connectivity index (χ4n) is 2.99. The van der Waals surface area contributed by atoms with Crippen molar-refractivity contribution < 1.29 is 14.4 Å². The smallest absolute Gasteiger partial charge is 0.270 e. The molecule has 0 amide bonds. The lowest BCUT2D eigenvalue weighted by atomic mass is 10.1. The highest BCUT2D eigenvalue weighted by Gasteiger charge is 2.30. The summed E-state index contributed by atoms with van der Waals surface area (Å²) in [5.74, 6) is 2.66. The highest BCUT2D eigenvalue weighted by Crippen LogP contribution is 2.41. The molecule has 0 atom stereocenters. The van der Waals surface area contributed by atoms with E-state index in [9.17, 15) is 10.1 Å². The molecule has 0 N–H and O–H groups in total. The third-order valence-corrected chi connectivity index (χ3v) is 5.35. The van der Waals surface area contributed by atoms with Crippen molar-refractivity contribution in [3.8, 4) is 5.75 Å². The van der Waals surface area contributed by atoms with Gasteiger partial charge in [0.2, 0.25) is 0 Å². The fraction of sp³-hybridized carbons (Fsp3) is 0.412. The summed E-state index contributed by atoms with van der Waals surface area (Å²) in [6.07, 6.45) is 4.12. The van der Waals surface area contributed by atoms with Crippen LogP contribution >= 0.6 is 11.8 Å². The molecule has 4 rings (SSSR count). The van der Waals surface area contributed by atoms with E-state index in [0.717, 1.165) is 29.4 Å². The van der Waals surface area contributed by atoms with Crippen molar-refractivity contribution in [2.75, 3.05) is 6.79 Å². The maximum absolute atomic E-state index is 11.2. The van der Waals surface area contributed by atoms with E-state index in [4.69, 9.17) is 9.47 Å². The number of thioether (sulfide) groups is 1. The Balaban J connectivity index is 1.61. The van der Waals surface area contributed by atoms with E-state index in [1.165, 1.54) is 17.8 Å². The van der Waals surface area contributed by atoms with Gasteiger partial charge in [-0.2, -0.15) is 0 Å². The number of nitro benzene ring substituents is 1. The normalized spacial score (nSPS) is 16.0. The number of aromatic nitrogens is 3.